The van der Waals surface area contributed by atoms with Crippen molar-refractivity contribution in [1.29, 1.82) is 0 Å². The Bertz CT molecular complexity index is 1280. The van der Waals surface area contributed by atoms with Gasteiger partial charge in [0.05, 0.1) is 4.90 Å². The number of aryl methyl sites for hydroxylation is 2. The largest absolute Gasteiger partial charge is 1.00 e. The average Bonchev–Trinajstić information content (AvgIpc) is 2.91. The first-order valence-corrected chi connectivity index (χ1v) is 13.5. The van der Waals surface area contributed by atoms with E-state index in [0.717, 1.165) is 22.3 Å². The molecule has 0 saturated heterocycles. The summed E-state index contributed by atoms with van der Waals surface area (Å²) in [4.78, 5) is 0.143. The maximum absolute atomic E-state index is 12.4. The molecule has 2 aliphatic rings. The van der Waals surface area contributed by atoms with Crippen LogP contribution in [0.25, 0.3) is 11.1 Å². The van der Waals surface area contributed by atoms with Crippen molar-refractivity contribution in [3.05, 3.63) is 71.3 Å². The van der Waals surface area contributed by atoms with E-state index in [2.05, 4.69) is 18.6 Å². The minimum atomic E-state index is -4.35. The van der Waals surface area contributed by atoms with E-state index in [-0.39, 0.29) is 53.2 Å². The van der Waals surface area contributed by atoms with Crippen LogP contribution in [0.15, 0.2) is 64.4 Å². The molecule has 0 atom stereocenters. The SMILES string of the molecule is Cc1ccc(S(=O)(=O)NCCCCc2cc(S(=O)(=O)O)c3ccc(C(C)C)ccc2-3)cc1.[H-].[Na+]. The van der Waals surface area contributed by atoms with Gasteiger partial charge in [0.15, 0.2) is 0 Å². The Labute approximate surface area is 220 Å². The monoisotopic (exact) mass is 499 g/mol. The van der Waals surface area contributed by atoms with Gasteiger partial charge >= 0.3 is 29.6 Å². The van der Waals surface area contributed by atoms with Gasteiger partial charge in [0.25, 0.3) is 10.1 Å². The Balaban J connectivity index is 0.00000289. The summed E-state index contributed by atoms with van der Waals surface area (Å²) in [5, 5.41) is 0. The second kappa shape index (κ2) is 11.4. The molecule has 2 N–H and O–H groups in total. The smallest absolute Gasteiger partial charge is 1.00 e. The van der Waals surface area contributed by atoms with Crippen molar-refractivity contribution in [3.63, 3.8) is 0 Å². The number of fused-ring (bicyclic) bond motifs is 1. The van der Waals surface area contributed by atoms with Crippen LogP contribution in [0.5, 0.6) is 0 Å². The van der Waals surface area contributed by atoms with Gasteiger partial charge in [-0.2, -0.15) is 8.42 Å². The summed E-state index contributed by atoms with van der Waals surface area (Å²) in [6, 6.07) is 15.7. The zero-order valence-electron chi connectivity index (χ0n) is 20.5. The molecule has 33 heavy (non-hydrogen) atoms. The quantitative estimate of drug-likeness (QED) is 0.266. The second-order valence-corrected chi connectivity index (χ2v) is 11.5. The van der Waals surface area contributed by atoms with Gasteiger partial charge in [-0.3, -0.25) is 4.55 Å². The standard InChI is InChI=1S/C24H29NO5S2.Na.H/c1-17(2)19-9-13-22-20(16-24(32(28,29)30)23(22)14-10-19)6-4-5-15-25-31(26,27)21-11-7-18(3)8-12-21;;/h7-14,16-17,25H,4-6,15H2,1-3H3,(H,28,29,30);;/q;+1;-1. The van der Waals surface area contributed by atoms with Crippen LogP contribution in [0.1, 0.15) is 50.7 Å². The Hall–Kier alpha value is -1.26. The number of benzene rings is 1. The van der Waals surface area contributed by atoms with E-state index in [4.69, 9.17) is 0 Å². The topological polar surface area (TPSA) is 101 Å². The normalized spacial score (nSPS) is 12.2. The van der Waals surface area contributed by atoms with Gasteiger partial charge in [0, 0.05) is 12.1 Å². The zero-order chi connectivity index (χ0) is 23.5. The first kappa shape index (κ1) is 28.0. The molecule has 0 aromatic heterocycles. The molecule has 0 fully saturated rings. The van der Waals surface area contributed by atoms with E-state index in [1.807, 2.05) is 25.1 Å². The fraction of sp³-hybridized carbons (Fsp3) is 0.333. The Morgan fingerprint density at radius 1 is 0.909 bits per heavy atom. The van der Waals surface area contributed by atoms with Crippen molar-refractivity contribution in [2.24, 2.45) is 0 Å². The molecule has 6 nitrogen and oxygen atoms in total. The van der Waals surface area contributed by atoms with Crippen LogP contribution >= 0.6 is 0 Å². The molecule has 2 aliphatic carbocycles. The van der Waals surface area contributed by atoms with E-state index < -0.39 is 20.1 Å². The summed E-state index contributed by atoms with van der Waals surface area (Å²) in [7, 11) is -7.91. The van der Waals surface area contributed by atoms with E-state index in [1.54, 1.807) is 30.3 Å². The third-order valence-corrected chi connectivity index (χ3v) is 7.90. The molecule has 3 rings (SSSR count). The summed E-state index contributed by atoms with van der Waals surface area (Å²) < 4.78 is 60.9. The van der Waals surface area contributed by atoms with Crippen LogP contribution in [-0.2, 0) is 26.6 Å². The summed E-state index contributed by atoms with van der Waals surface area (Å²) >= 11 is 0. The van der Waals surface area contributed by atoms with E-state index >= 15 is 0 Å². The average molecular weight is 500 g/mol. The number of unbranched alkanes of at least 4 members (excludes halogenated alkanes) is 1. The van der Waals surface area contributed by atoms with E-state index in [9.17, 15) is 21.4 Å². The molecule has 0 spiro atoms. The predicted molar refractivity (Wildman–Crippen MR) is 127 cm³/mol. The molecule has 0 radical (unpaired) electrons. The molecule has 0 heterocycles. The van der Waals surface area contributed by atoms with Crippen molar-refractivity contribution in [3.8, 4) is 11.1 Å². The van der Waals surface area contributed by atoms with Crippen LogP contribution in [0, 0.1) is 6.92 Å². The maximum atomic E-state index is 12.4. The molecule has 0 amide bonds. The first-order chi connectivity index (χ1) is 15.0. The predicted octanol–water partition coefficient (Wildman–Crippen LogP) is 1.89. The number of nitrogens with one attached hydrogen (secondary N) is 1. The summed E-state index contributed by atoms with van der Waals surface area (Å²) in [5.41, 5.74) is 4.15. The number of rotatable bonds is 9. The van der Waals surface area contributed by atoms with Gasteiger partial charge < -0.3 is 1.43 Å². The molecule has 0 unspecified atom stereocenters. The van der Waals surface area contributed by atoms with Gasteiger partial charge in [-0.05, 0) is 67.0 Å². The Morgan fingerprint density at radius 3 is 2.09 bits per heavy atom. The molecule has 1 aromatic carbocycles. The molecule has 0 saturated carbocycles. The number of hydrogen-bond donors (Lipinski definition) is 2. The first-order valence-electron chi connectivity index (χ1n) is 10.6. The maximum Gasteiger partial charge on any atom is 1.00 e. The number of sulfonamides is 1. The third-order valence-electron chi connectivity index (χ3n) is 5.53. The van der Waals surface area contributed by atoms with Gasteiger partial charge in [-0.1, -0.05) is 55.8 Å². The van der Waals surface area contributed by atoms with E-state index in [1.165, 1.54) is 6.07 Å². The third kappa shape index (κ3) is 7.11. The van der Waals surface area contributed by atoms with Crippen LogP contribution in [0.3, 0.4) is 0 Å². The fourth-order valence-corrected chi connectivity index (χ4v) is 5.48. The minimum Gasteiger partial charge on any atom is -1.00 e. The Kier molecular flexibility index (Phi) is 9.70. The van der Waals surface area contributed by atoms with Crippen LogP contribution in [0.4, 0.5) is 0 Å². The molecule has 0 bridgehead atoms. The van der Waals surface area contributed by atoms with Gasteiger partial charge in [0.1, 0.15) is 4.90 Å². The van der Waals surface area contributed by atoms with Gasteiger partial charge in [0.2, 0.25) is 10.0 Å². The second-order valence-electron chi connectivity index (χ2n) is 8.33. The van der Waals surface area contributed by atoms with Crippen LogP contribution in [0.2, 0.25) is 0 Å². The van der Waals surface area contributed by atoms with Gasteiger partial charge in [-0.15, -0.1) is 0 Å². The van der Waals surface area contributed by atoms with Crippen molar-refractivity contribution in [1.82, 2.24) is 4.72 Å². The van der Waals surface area contributed by atoms with Gasteiger partial charge in [-0.25, -0.2) is 13.1 Å². The molecule has 0 aliphatic heterocycles. The van der Waals surface area contributed by atoms with Crippen molar-refractivity contribution >= 4 is 20.1 Å². The zero-order valence-corrected chi connectivity index (χ0v) is 23.1. The molecular weight excluding hydrogens is 469 g/mol. The Morgan fingerprint density at radius 2 is 1.52 bits per heavy atom. The van der Waals surface area contributed by atoms with Crippen LogP contribution < -0.4 is 34.3 Å². The van der Waals surface area contributed by atoms with Crippen molar-refractivity contribution in [2.45, 2.75) is 55.7 Å². The summed E-state index contributed by atoms with van der Waals surface area (Å²) in [5.74, 6) is 0.283. The minimum absolute atomic E-state index is 0. The summed E-state index contributed by atoms with van der Waals surface area (Å²) in [6.07, 6.45) is 1.82. The summed E-state index contributed by atoms with van der Waals surface area (Å²) in [6.45, 7) is 6.30. The molecule has 174 valence electrons. The van der Waals surface area contributed by atoms with E-state index in [0.29, 0.717) is 24.8 Å². The molecule has 9 heteroatoms. The molecular formula is C24H30NNaO5S2. The van der Waals surface area contributed by atoms with Crippen molar-refractivity contribution < 1.29 is 52.4 Å². The van der Waals surface area contributed by atoms with Crippen LogP contribution in [-0.4, -0.2) is 27.9 Å². The van der Waals surface area contributed by atoms with Crippen molar-refractivity contribution in [2.75, 3.05) is 6.54 Å². The molecule has 1 aromatic rings. The number of hydrogen-bond acceptors (Lipinski definition) is 4. The fourth-order valence-electron chi connectivity index (χ4n) is 3.66.